The molecule has 0 fully saturated rings. The van der Waals surface area contributed by atoms with Gasteiger partial charge >= 0.3 is 0 Å². The summed E-state index contributed by atoms with van der Waals surface area (Å²) in [5, 5.41) is 2.94. The zero-order valence-corrected chi connectivity index (χ0v) is 13.5. The number of rotatable bonds is 3. The number of carbonyl (C=O) groups excluding carboxylic acids is 1. The van der Waals surface area contributed by atoms with Gasteiger partial charge in [-0.15, -0.1) is 0 Å². The fraction of sp³-hybridized carbons (Fsp3) is 0.158. The van der Waals surface area contributed by atoms with Crippen molar-refractivity contribution in [3.63, 3.8) is 0 Å². The van der Waals surface area contributed by atoms with Gasteiger partial charge in [0.05, 0.1) is 17.4 Å². The van der Waals surface area contributed by atoms with Crippen molar-refractivity contribution in [1.82, 2.24) is 9.55 Å². The second-order valence-electron chi connectivity index (χ2n) is 5.60. The van der Waals surface area contributed by atoms with Crippen LogP contribution in [0.2, 0.25) is 0 Å². The van der Waals surface area contributed by atoms with Crippen molar-refractivity contribution in [2.45, 2.75) is 20.8 Å². The van der Waals surface area contributed by atoms with Gasteiger partial charge in [-0.05, 0) is 50.6 Å². The van der Waals surface area contributed by atoms with Gasteiger partial charge in [-0.25, -0.2) is 0 Å². The highest BCUT2D eigenvalue weighted by Crippen LogP contribution is 2.22. The zero-order chi connectivity index (χ0) is 16.4. The Hall–Kier alpha value is -2.88. The molecule has 0 bridgehead atoms. The van der Waals surface area contributed by atoms with E-state index in [1.807, 2.05) is 63.2 Å². The number of aryl methyl sites for hydroxylation is 2. The van der Waals surface area contributed by atoms with Crippen LogP contribution in [-0.2, 0) is 0 Å². The largest absolute Gasteiger partial charge is 0.320 e. The van der Waals surface area contributed by atoms with Crippen molar-refractivity contribution in [2.24, 2.45) is 0 Å². The number of hydrogen-bond acceptors (Lipinski definition) is 2. The van der Waals surface area contributed by atoms with E-state index in [4.69, 9.17) is 0 Å². The third-order valence-electron chi connectivity index (χ3n) is 3.98. The van der Waals surface area contributed by atoms with E-state index in [-0.39, 0.29) is 5.91 Å². The first kappa shape index (κ1) is 15.0. The Labute approximate surface area is 135 Å². The van der Waals surface area contributed by atoms with E-state index >= 15 is 0 Å². The summed E-state index contributed by atoms with van der Waals surface area (Å²) in [6.07, 6.45) is 3.38. The fourth-order valence-corrected chi connectivity index (χ4v) is 2.75. The zero-order valence-electron chi connectivity index (χ0n) is 13.5. The van der Waals surface area contributed by atoms with Crippen LogP contribution in [0.4, 0.5) is 5.69 Å². The number of pyridine rings is 1. The molecule has 0 radical (unpaired) electrons. The predicted octanol–water partition coefficient (Wildman–Crippen LogP) is 4.05. The average Bonchev–Trinajstić information content (AvgIpc) is 2.85. The van der Waals surface area contributed by atoms with E-state index in [1.54, 1.807) is 12.4 Å². The molecule has 0 aliphatic rings. The number of hydrogen-bond donors (Lipinski definition) is 1. The maximum Gasteiger partial charge on any atom is 0.257 e. The number of nitrogens with one attached hydrogen (secondary N) is 1. The van der Waals surface area contributed by atoms with Crippen molar-refractivity contribution in [2.75, 3.05) is 5.32 Å². The molecule has 4 nitrogen and oxygen atoms in total. The van der Waals surface area contributed by atoms with Crippen LogP contribution >= 0.6 is 0 Å². The third-order valence-corrected chi connectivity index (χ3v) is 3.98. The molecule has 23 heavy (non-hydrogen) atoms. The summed E-state index contributed by atoms with van der Waals surface area (Å²) >= 11 is 0. The predicted molar refractivity (Wildman–Crippen MR) is 92.2 cm³/mol. The first-order chi connectivity index (χ1) is 11.1. The normalized spacial score (nSPS) is 10.6. The van der Waals surface area contributed by atoms with Gasteiger partial charge in [0.15, 0.2) is 0 Å². The summed E-state index contributed by atoms with van der Waals surface area (Å²) in [5.74, 6) is -0.114. The van der Waals surface area contributed by atoms with E-state index in [0.717, 1.165) is 28.3 Å². The lowest BCUT2D eigenvalue weighted by molar-refractivity contribution is 0.102. The van der Waals surface area contributed by atoms with Crippen LogP contribution in [0.5, 0.6) is 0 Å². The number of benzene rings is 1. The summed E-state index contributed by atoms with van der Waals surface area (Å²) in [4.78, 5) is 16.7. The Morgan fingerprint density at radius 1 is 1.09 bits per heavy atom. The second-order valence-corrected chi connectivity index (χ2v) is 5.60. The Bertz CT molecular complexity index is 850. The summed E-state index contributed by atoms with van der Waals surface area (Å²) < 4.78 is 2.09. The number of anilines is 1. The van der Waals surface area contributed by atoms with Crippen LogP contribution in [0.1, 0.15) is 27.3 Å². The van der Waals surface area contributed by atoms with E-state index in [2.05, 4.69) is 14.9 Å². The van der Waals surface area contributed by atoms with E-state index in [1.165, 1.54) is 0 Å². The number of aromatic nitrogens is 2. The lowest BCUT2D eigenvalue weighted by atomic mass is 10.2. The molecule has 3 aromatic rings. The maximum atomic E-state index is 12.6. The molecule has 0 atom stereocenters. The Balaban J connectivity index is 1.95. The van der Waals surface area contributed by atoms with Crippen molar-refractivity contribution in [1.29, 1.82) is 0 Å². The molecule has 116 valence electrons. The van der Waals surface area contributed by atoms with Crippen LogP contribution in [0.15, 0.2) is 54.9 Å². The van der Waals surface area contributed by atoms with E-state index in [0.29, 0.717) is 5.56 Å². The van der Waals surface area contributed by atoms with Crippen LogP contribution in [0.3, 0.4) is 0 Å². The second kappa shape index (κ2) is 6.08. The molecule has 2 aromatic heterocycles. The monoisotopic (exact) mass is 305 g/mol. The molecule has 0 saturated carbocycles. The van der Waals surface area contributed by atoms with Crippen molar-refractivity contribution in [3.05, 3.63) is 77.4 Å². The SMILES string of the molecule is Cc1ccncc1NC(=O)c1cc(C)n(-c2ccccc2)c1C. The summed E-state index contributed by atoms with van der Waals surface area (Å²) in [5.41, 5.74) is 5.41. The molecule has 0 aliphatic heterocycles. The molecular weight excluding hydrogens is 286 g/mol. The standard InChI is InChI=1S/C19H19N3O/c1-13-9-10-20-12-18(13)21-19(23)17-11-14(2)22(15(17)3)16-7-5-4-6-8-16/h4-12H,1-3H3,(H,21,23). The molecule has 1 N–H and O–H groups in total. The first-order valence-electron chi connectivity index (χ1n) is 7.54. The van der Waals surface area contributed by atoms with Gasteiger partial charge in [-0.3, -0.25) is 9.78 Å². The van der Waals surface area contributed by atoms with Gasteiger partial charge in [-0.1, -0.05) is 18.2 Å². The van der Waals surface area contributed by atoms with Gasteiger partial charge in [-0.2, -0.15) is 0 Å². The molecule has 3 rings (SSSR count). The highest BCUT2D eigenvalue weighted by atomic mass is 16.1. The van der Waals surface area contributed by atoms with Crippen molar-refractivity contribution >= 4 is 11.6 Å². The summed E-state index contributed by atoms with van der Waals surface area (Å²) in [7, 11) is 0. The minimum absolute atomic E-state index is 0.114. The Morgan fingerprint density at radius 3 is 2.52 bits per heavy atom. The van der Waals surface area contributed by atoms with Gasteiger partial charge in [0.25, 0.3) is 5.91 Å². The van der Waals surface area contributed by atoms with Crippen LogP contribution in [0.25, 0.3) is 5.69 Å². The van der Waals surface area contributed by atoms with Gasteiger partial charge in [0.1, 0.15) is 0 Å². The van der Waals surface area contributed by atoms with Gasteiger partial charge in [0.2, 0.25) is 0 Å². The van der Waals surface area contributed by atoms with Gasteiger partial charge in [0, 0.05) is 23.3 Å². The maximum absolute atomic E-state index is 12.6. The van der Waals surface area contributed by atoms with Crippen LogP contribution in [0, 0.1) is 20.8 Å². The molecule has 0 aliphatic carbocycles. The van der Waals surface area contributed by atoms with E-state index < -0.39 is 0 Å². The molecule has 1 amide bonds. The lowest BCUT2D eigenvalue weighted by Crippen LogP contribution is -2.14. The molecule has 0 saturated heterocycles. The highest BCUT2D eigenvalue weighted by molar-refractivity contribution is 6.05. The minimum atomic E-state index is -0.114. The number of amides is 1. The fourth-order valence-electron chi connectivity index (χ4n) is 2.75. The quantitative estimate of drug-likeness (QED) is 0.793. The lowest BCUT2D eigenvalue weighted by Gasteiger charge is -2.10. The number of carbonyl (C=O) groups is 1. The molecule has 0 unspecified atom stereocenters. The summed E-state index contributed by atoms with van der Waals surface area (Å²) in [6, 6.07) is 13.8. The number of nitrogens with zero attached hydrogens (tertiary/aromatic N) is 2. The smallest absolute Gasteiger partial charge is 0.257 e. The Morgan fingerprint density at radius 2 is 1.83 bits per heavy atom. The molecule has 1 aromatic carbocycles. The Kier molecular flexibility index (Phi) is 3.98. The van der Waals surface area contributed by atoms with Gasteiger partial charge < -0.3 is 9.88 Å². The van der Waals surface area contributed by atoms with Crippen LogP contribution < -0.4 is 5.32 Å². The van der Waals surface area contributed by atoms with Crippen molar-refractivity contribution in [3.8, 4) is 5.69 Å². The molecule has 4 heteroatoms. The molecular formula is C19H19N3O. The molecule has 0 spiro atoms. The molecule has 2 heterocycles. The van der Waals surface area contributed by atoms with E-state index in [9.17, 15) is 4.79 Å². The van der Waals surface area contributed by atoms with Crippen molar-refractivity contribution < 1.29 is 4.79 Å². The highest BCUT2D eigenvalue weighted by Gasteiger charge is 2.17. The third kappa shape index (κ3) is 2.88. The minimum Gasteiger partial charge on any atom is -0.320 e. The number of para-hydroxylation sites is 1. The first-order valence-corrected chi connectivity index (χ1v) is 7.54. The van der Waals surface area contributed by atoms with Crippen LogP contribution in [-0.4, -0.2) is 15.5 Å². The topological polar surface area (TPSA) is 46.9 Å². The average molecular weight is 305 g/mol. The summed E-state index contributed by atoms with van der Waals surface area (Å²) in [6.45, 7) is 5.92.